The fraction of sp³-hybridized carbons (Fsp3) is 0.480. The molecule has 0 radical (unpaired) electrons. The predicted octanol–water partition coefficient (Wildman–Crippen LogP) is 4.24. The molecule has 3 aliphatic heterocycles. The van der Waals surface area contributed by atoms with E-state index < -0.39 is 0 Å². The molecule has 0 aromatic heterocycles. The molecule has 2 aromatic rings. The maximum Gasteiger partial charge on any atom is 0.253 e. The summed E-state index contributed by atoms with van der Waals surface area (Å²) in [5, 5.41) is 0. The highest BCUT2D eigenvalue weighted by molar-refractivity contribution is 5.94. The summed E-state index contributed by atoms with van der Waals surface area (Å²) < 4.78 is 23.9. The number of fused-ring (bicyclic) bond motifs is 4. The van der Waals surface area contributed by atoms with Gasteiger partial charge in [-0.2, -0.15) is 0 Å². The number of benzene rings is 2. The minimum absolute atomic E-state index is 0.0215. The molecule has 31 heavy (non-hydrogen) atoms. The Morgan fingerprint density at radius 2 is 1.90 bits per heavy atom. The molecule has 5 rings (SSSR count). The van der Waals surface area contributed by atoms with Crippen LogP contribution in [0, 0.1) is 5.92 Å². The molecule has 164 valence electrons. The number of amides is 1. The number of para-hydroxylation sites is 1. The number of ether oxygens (including phenoxy) is 4. The Morgan fingerprint density at radius 1 is 1.10 bits per heavy atom. The van der Waals surface area contributed by atoms with E-state index in [1.807, 2.05) is 35.2 Å². The molecule has 1 amide bonds. The van der Waals surface area contributed by atoms with Crippen molar-refractivity contribution >= 4 is 5.91 Å². The van der Waals surface area contributed by atoms with Crippen LogP contribution in [0.25, 0.3) is 0 Å². The van der Waals surface area contributed by atoms with Crippen molar-refractivity contribution < 1.29 is 23.7 Å². The lowest BCUT2D eigenvalue weighted by atomic mass is 9.70. The number of carbonyl (C=O) groups is 1. The number of likely N-dealkylation sites (tertiary alicyclic amines) is 1. The SMILES string of the molecule is COc1cccc(C(=O)N2CCC3(CC2)Oc2c(OC)cccc2[C@H]2OCCC[C@@H]23)c1. The molecule has 0 aliphatic carbocycles. The van der Waals surface area contributed by atoms with Crippen LogP contribution in [0.5, 0.6) is 17.2 Å². The molecular formula is C25H29NO5. The molecule has 2 aromatic carbocycles. The van der Waals surface area contributed by atoms with E-state index in [1.165, 1.54) is 0 Å². The van der Waals surface area contributed by atoms with E-state index in [2.05, 4.69) is 6.07 Å². The van der Waals surface area contributed by atoms with Crippen LogP contribution in [0.1, 0.15) is 47.7 Å². The average molecular weight is 424 g/mol. The first-order chi connectivity index (χ1) is 15.1. The Kier molecular flexibility index (Phi) is 5.26. The monoisotopic (exact) mass is 423 g/mol. The highest BCUT2D eigenvalue weighted by Crippen LogP contribution is 2.55. The van der Waals surface area contributed by atoms with Gasteiger partial charge in [0.15, 0.2) is 11.5 Å². The van der Waals surface area contributed by atoms with Gasteiger partial charge in [-0.15, -0.1) is 0 Å². The van der Waals surface area contributed by atoms with Gasteiger partial charge in [0.1, 0.15) is 11.4 Å². The van der Waals surface area contributed by atoms with Gasteiger partial charge < -0.3 is 23.8 Å². The van der Waals surface area contributed by atoms with E-state index in [0.717, 1.165) is 49.4 Å². The predicted molar refractivity (Wildman–Crippen MR) is 116 cm³/mol. The van der Waals surface area contributed by atoms with Gasteiger partial charge in [-0.05, 0) is 37.1 Å². The van der Waals surface area contributed by atoms with Crippen LogP contribution in [-0.2, 0) is 4.74 Å². The molecule has 0 bridgehead atoms. The quantitative estimate of drug-likeness (QED) is 0.739. The van der Waals surface area contributed by atoms with Gasteiger partial charge in [0.05, 0.1) is 20.3 Å². The van der Waals surface area contributed by atoms with E-state index in [0.29, 0.717) is 24.4 Å². The maximum atomic E-state index is 13.1. The van der Waals surface area contributed by atoms with Crippen LogP contribution in [0.2, 0.25) is 0 Å². The Bertz CT molecular complexity index is 966. The second kappa shape index (κ2) is 8.08. The Morgan fingerprint density at radius 3 is 2.68 bits per heavy atom. The summed E-state index contributed by atoms with van der Waals surface area (Å²) in [6.45, 7) is 2.09. The second-order valence-electron chi connectivity index (χ2n) is 8.61. The third-order valence-corrected chi connectivity index (χ3v) is 7.05. The second-order valence-corrected chi connectivity index (χ2v) is 8.61. The molecule has 0 unspecified atom stereocenters. The number of carbonyl (C=O) groups excluding carboxylic acids is 1. The van der Waals surface area contributed by atoms with E-state index in [-0.39, 0.29) is 23.5 Å². The first-order valence-electron chi connectivity index (χ1n) is 11.1. The number of nitrogens with zero attached hydrogens (tertiary/aromatic N) is 1. The van der Waals surface area contributed by atoms with Crippen molar-refractivity contribution in [2.45, 2.75) is 37.4 Å². The molecule has 3 aliphatic rings. The zero-order chi connectivity index (χ0) is 21.4. The Balaban J connectivity index is 1.40. The lowest BCUT2D eigenvalue weighted by Gasteiger charge is -2.53. The molecule has 6 heteroatoms. The van der Waals surface area contributed by atoms with E-state index in [9.17, 15) is 4.79 Å². The fourth-order valence-corrected chi connectivity index (χ4v) is 5.43. The number of piperidine rings is 1. The highest BCUT2D eigenvalue weighted by Gasteiger charge is 2.53. The van der Waals surface area contributed by atoms with Crippen molar-refractivity contribution in [3.63, 3.8) is 0 Å². The molecule has 2 saturated heterocycles. The first-order valence-corrected chi connectivity index (χ1v) is 11.1. The van der Waals surface area contributed by atoms with Crippen LogP contribution in [0.15, 0.2) is 42.5 Å². The maximum absolute atomic E-state index is 13.1. The molecule has 2 atom stereocenters. The number of methoxy groups -OCH3 is 2. The lowest BCUT2D eigenvalue weighted by Crippen LogP contribution is -2.57. The van der Waals surface area contributed by atoms with Crippen molar-refractivity contribution in [2.75, 3.05) is 33.9 Å². The summed E-state index contributed by atoms with van der Waals surface area (Å²) in [5.41, 5.74) is 1.41. The van der Waals surface area contributed by atoms with Crippen LogP contribution >= 0.6 is 0 Å². The minimum Gasteiger partial charge on any atom is -0.497 e. The summed E-state index contributed by atoms with van der Waals surface area (Å²) in [5.74, 6) is 2.58. The molecular weight excluding hydrogens is 394 g/mol. The third kappa shape index (κ3) is 3.43. The van der Waals surface area contributed by atoms with Crippen LogP contribution in [0.3, 0.4) is 0 Å². The smallest absolute Gasteiger partial charge is 0.253 e. The van der Waals surface area contributed by atoms with Crippen molar-refractivity contribution in [3.8, 4) is 17.2 Å². The van der Waals surface area contributed by atoms with Gasteiger partial charge in [-0.1, -0.05) is 18.2 Å². The summed E-state index contributed by atoms with van der Waals surface area (Å²) in [6, 6.07) is 13.4. The summed E-state index contributed by atoms with van der Waals surface area (Å²) >= 11 is 0. The largest absolute Gasteiger partial charge is 0.497 e. The molecule has 1 spiro atoms. The van der Waals surface area contributed by atoms with E-state index in [4.69, 9.17) is 18.9 Å². The Labute approximate surface area is 183 Å². The molecule has 0 N–H and O–H groups in total. The summed E-state index contributed by atoms with van der Waals surface area (Å²) in [4.78, 5) is 15.0. The standard InChI is InChI=1S/C25H29NO5/c1-28-18-7-3-6-17(16-18)24(27)26-13-11-25(12-14-26)20-9-5-15-30-22(20)19-8-4-10-21(29-2)23(19)31-25/h3-4,6-8,10,16,20,22H,5,9,11-15H2,1-2H3/t20-,22+/m0/s1. The zero-order valence-electron chi connectivity index (χ0n) is 18.1. The molecule has 0 saturated carbocycles. The van der Waals surface area contributed by atoms with Crippen LogP contribution in [-0.4, -0.2) is 50.3 Å². The highest BCUT2D eigenvalue weighted by atomic mass is 16.5. The summed E-state index contributed by atoms with van der Waals surface area (Å²) in [6.07, 6.45) is 3.70. The third-order valence-electron chi connectivity index (χ3n) is 7.05. The first kappa shape index (κ1) is 20.2. The zero-order valence-corrected chi connectivity index (χ0v) is 18.1. The summed E-state index contributed by atoms with van der Waals surface area (Å²) in [7, 11) is 3.29. The lowest BCUT2D eigenvalue weighted by molar-refractivity contribution is -0.147. The molecule has 2 fully saturated rings. The van der Waals surface area contributed by atoms with Crippen molar-refractivity contribution in [1.82, 2.24) is 4.90 Å². The molecule has 6 nitrogen and oxygen atoms in total. The van der Waals surface area contributed by atoms with Gasteiger partial charge in [-0.25, -0.2) is 0 Å². The van der Waals surface area contributed by atoms with Crippen molar-refractivity contribution in [1.29, 1.82) is 0 Å². The van der Waals surface area contributed by atoms with Crippen LogP contribution in [0.4, 0.5) is 0 Å². The molecule has 3 heterocycles. The van der Waals surface area contributed by atoms with Gasteiger partial charge >= 0.3 is 0 Å². The topological polar surface area (TPSA) is 57.2 Å². The van der Waals surface area contributed by atoms with E-state index >= 15 is 0 Å². The Hall–Kier alpha value is -2.73. The number of hydrogen-bond donors (Lipinski definition) is 0. The van der Waals surface area contributed by atoms with Crippen molar-refractivity contribution in [2.24, 2.45) is 5.92 Å². The van der Waals surface area contributed by atoms with Gasteiger partial charge in [0.25, 0.3) is 5.91 Å². The van der Waals surface area contributed by atoms with Crippen LogP contribution < -0.4 is 14.2 Å². The van der Waals surface area contributed by atoms with Crippen molar-refractivity contribution in [3.05, 3.63) is 53.6 Å². The van der Waals surface area contributed by atoms with E-state index in [1.54, 1.807) is 20.3 Å². The average Bonchev–Trinajstić information content (AvgIpc) is 2.84. The van der Waals surface area contributed by atoms with Gasteiger partial charge in [-0.3, -0.25) is 4.79 Å². The number of rotatable bonds is 3. The van der Waals surface area contributed by atoms with Gasteiger partial charge in [0, 0.05) is 49.6 Å². The normalized spacial score (nSPS) is 24.0. The minimum atomic E-state index is -0.335. The fourth-order valence-electron chi connectivity index (χ4n) is 5.43. The van der Waals surface area contributed by atoms with Gasteiger partial charge in [0.2, 0.25) is 0 Å². The number of hydrogen-bond acceptors (Lipinski definition) is 5.